The summed E-state index contributed by atoms with van der Waals surface area (Å²) < 4.78 is 5.14. The number of morpholine rings is 1. The van der Waals surface area contributed by atoms with Crippen molar-refractivity contribution in [2.24, 2.45) is 0 Å². The van der Waals surface area contributed by atoms with Crippen LogP contribution in [0.5, 0.6) is 0 Å². The molecule has 0 aromatic heterocycles. The van der Waals surface area contributed by atoms with Crippen LogP contribution in [0.15, 0.2) is 0 Å². The molecule has 1 atom stereocenters. The van der Waals surface area contributed by atoms with Gasteiger partial charge in [0.25, 0.3) is 0 Å². The van der Waals surface area contributed by atoms with Crippen LogP contribution >= 0.6 is 0 Å². The number of amides is 1. The van der Waals surface area contributed by atoms with Crippen molar-refractivity contribution in [1.29, 1.82) is 0 Å². The molecule has 0 radical (unpaired) electrons. The quantitative estimate of drug-likeness (QED) is 0.624. The summed E-state index contributed by atoms with van der Waals surface area (Å²) in [5.74, 6) is -2.30. The highest BCUT2D eigenvalue weighted by Crippen LogP contribution is 2.05. The predicted molar refractivity (Wildman–Crippen MR) is 68.3 cm³/mol. The highest BCUT2D eigenvalue weighted by atomic mass is 16.5. The minimum absolute atomic E-state index is 0.0267. The van der Waals surface area contributed by atoms with E-state index in [0.29, 0.717) is 26.3 Å². The van der Waals surface area contributed by atoms with E-state index >= 15 is 0 Å². The Kier molecular flexibility index (Phi) is 6.40. The highest BCUT2D eigenvalue weighted by molar-refractivity contribution is 5.80. The molecular formula is C12H20N2O6. The van der Waals surface area contributed by atoms with Gasteiger partial charge in [0.15, 0.2) is 0 Å². The number of rotatable bonds is 7. The standard InChI is InChI=1S/C12H20N2O6/c1-9(12(18)19)14(3-2-11(16)17)8-10(15)13-4-6-20-7-5-13/h9H,2-8H2,1H3,(H,16,17)(H,18,19). The van der Waals surface area contributed by atoms with E-state index in [-0.39, 0.29) is 25.4 Å². The lowest BCUT2D eigenvalue weighted by Crippen LogP contribution is -2.49. The van der Waals surface area contributed by atoms with Gasteiger partial charge in [0.1, 0.15) is 6.04 Å². The van der Waals surface area contributed by atoms with Crippen molar-refractivity contribution in [3.05, 3.63) is 0 Å². The molecule has 1 heterocycles. The molecule has 0 bridgehead atoms. The zero-order chi connectivity index (χ0) is 15.1. The Labute approximate surface area is 116 Å². The van der Waals surface area contributed by atoms with E-state index in [0.717, 1.165) is 0 Å². The Morgan fingerprint density at radius 3 is 2.35 bits per heavy atom. The second-order valence-corrected chi connectivity index (χ2v) is 4.62. The van der Waals surface area contributed by atoms with E-state index in [1.807, 2.05) is 0 Å². The molecule has 20 heavy (non-hydrogen) atoms. The number of nitrogens with zero attached hydrogens (tertiary/aromatic N) is 2. The number of carbonyl (C=O) groups is 3. The lowest BCUT2D eigenvalue weighted by Gasteiger charge is -2.31. The van der Waals surface area contributed by atoms with Crippen LogP contribution in [0, 0.1) is 0 Å². The number of carbonyl (C=O) groups excluding carboxylic acids is 1. The van der Waals surface area contributed by atoms with Crippen molar-refractivity contribution < 1.29 is 29.3 Å². The lowest BCUT2D eigenvalue weighted by atomic mass is 10.2. The van der Waals surface area contributed by atoms with Crippen molar-refractivity contribution >= 4 is 17.8 Å². The zero-order valence-electron chi connectivity index (χ0n) is 11.4. The van der Waals surface area contributed by atoms with Crippen LogP contribution in [-0.2, 0) is 19.1 Å². The molecule has 2 N–H and O–H groups in total. The van der Waals surface area contributed by atoms with Gasteiger partial charge in [-0.15, -0.1) is 0 Å². The van der Waals surface area contributed by atoms with Gasteiger partial charge in [0, 0.05) is 19.6 Å². The molecule has 114 valence electrons. The van der Waals surface area contributed by atoms with Gasteiger partial charge in [0.05, 0.1) is 26.2 Å². The van der Waals surface area contributed by atoms with E-state index in [9.17, 15) is 14.4 Å². The summed E-state index contributed by atoms with van der Waals surface area (Å²) in [6.07, 6.45) is -0.200. The number of carboxylic acid groups (broad SMARTS) is 2. The molecule has 0 aromatic carbocycles. The van der Waals surface area contributed by atoms with Gasteiger partial charge >= 0.3 is 11.9 Å². The van der Waals surface area contributed by atoms with Gasteiger partial charge in [-0.3, -0.25) is 19.3 Å². The molecule has 1 unspecified atom stereocenters. The SMILES string of the molecule is CC(C(=O)O)N(CCC(=O)O)CC(=O)N1CCOCC1. The maximum absolute atomic E-state index is 12.1. The maximum Gasteiger partial charge on any atom is 0.320 e. The maximum atomic E-state index is 12.1. The van der Waals surface area contributed by atoms with Crippen molar-refractivity contribution in [3.63, 3.8) is 0 Å². The van der Waals surface area contributed by atoms with Gasteiger partial charge in [-0.2, -0.15) is 0 Å². The molecule has 8 nitrogen and oxygen atoms in total. The number of ether oxygens (including phenoxy) is 1. The van der Waals surface area contributed by atoms with Crippen molar-refractivity contribution in [3.8, 4) is 0 Å². The average molecular weight is 288 g/mol. The topological polar surface area (TPSA) is 107 Å². The first-order valence-electron chi connectivity index (χ1n) is 6.46. The van der Waals surface area contributed by atoms with Crippen molar-refractivity contribution in [1.82, 2.24) is 9.80 Å². The van der Waals surface area contributed by atoms with Crippen LogP contribution in [0.25, 0.3) is 0 Å². The summed E-state index contributed by atoms with van der Waals surface area (Å²) in [6, 6.07) is -0.903. The molecular weight excluding hydrogens is 268 g/mol. The van der Waals surface area contributed by atoms with Crippen molar-refractivity contribution in [2.45, 2.75) is 19.4 Å². The summed E-state index contributed by atoms with van der Waals surface area (Å²) in [7, 11) is 0. The minimum atomic E-state index is -1.08. The Bertz CT molecular complexity index is 367. The third-order valence-corrected chi connectivity index (χ3v) is 3.22. The molecule has 0 saturated carbocycles. The molecule has 1 rings (SSSR count). The van der Waals surface area contributed by atoms with E-state index < -0.39 is 18.0 Å². The fraction of sp³-hybridized carbons (Fsp3) is 0.750. The van der Waals surface area contributed by atoms with Gasteiger partial charge in [-0.05, 0) is 6.92 Å². The molecule has 1 aliphatic rings. The summed E-state index contributed by atoms with van der Waals surface area (Å²) in [4.78, 5) is 36.6. The molecule has 0 aliphatic carbocycles. The Hall–Kier alpha value is -1.67. The predicted octanol–water partition coefficient (Wildman–Crippen LogP) is -0.905. The monoisotopic (exact) mass is 288 g/mol. The molecule has 1 amide bonds. The third-order valence-electron chi connectivity index (χ3n) is 3.22. The summed E-state index contributed by atoms with van der Waals surface area (Å²) >= 11 is 0. The minimum Gasteiger partial charge on any atom is -0.481 e. The lowest BCUT2D eigenvalue weighted by molar-refractivity contribution is -0.147. The fourth-order valence-electron chi connectivity index (χ4n) is 1.89. The average Bonchev–Trinajstić information content (AvgIpc) is 2.43. The third kappa shape index (κ3) is 5.14. The van der Waals surface area contributed by atoms with Crippen molar-refractivity contribution in [2.75, 3.05) is 39.4 Å². The molecule has 1 aliphatic heterocycles. The first-order chi connectivity index (χ1) is 9.41. The molecule has 0 aromatic rings. The second kappa shape index (κ2) is 7.81. The molecule has 1 saturated heterocycles. The van der Waals surface area contributed by atoms with E-state index in [2.05, 4.69) is 0 Å². The number of aliphatic carboxylic acids is 2. The largest absolute Gasteiger partial charge is 0.481 e. The number of carboxylic acids is 2. The highest BCUT2D eigenvalue weighted by Gasteiger charge is 2.26. The van der Waals surface area contributed by atoms with Crippen LogP contribution in [0.2, 0.25) is 0 Å². The normalized spacial score (nSPS) is 17.0. The van der Waals surface area contributed by atoms with E-state index in [1.165, 1.54) is 11.8 Å². The van der Waals surface area contributed by atoms with Crippen LogP contribution in [-0.4, -0.2) is 83.3 Å². The summed E-state index contributed by atoms with van der Waals surface area (Å²) in [6.45, 7) is 3.27. The van der Waals surface area contributed by atoms with Crippen LogP contribution in [0.3, 0.4) is 0 Å². The van der Waals surface area contributed by atoms with Gasteiger partial charge in [0.2, 0.25) is 5.91 Å². The first kappa shape index (κ1) is 16.4. The molecule has 8 heteroatoms. The van der Waals surface area contributed by atoms with Gasteiger partial charge in [-0.1, -0.05) is 0 Å². The van der Waals surface area contributed by atoms with Gasteiger partial charge in [-0.25, -0.2) is 0 Å². The van der Waals surface area contributed by atoms with Gasteiger partial charge < -0.3 is 19.8 Å². The Morgan fingerprint density at radius 1 is 1.25 bits per heavy atom. The van der Waals surface area contributed by atoms with E-state index in [4.69, 9.17) is 14.9 Å². The van der Waals surface area contributed by atoms with Crippen LogP contribution in [0.1, 0.15) is 13.3 Å². The number of hydrogen-bond acceptors (Lipinski definition) is 5. The molecule has 1 fully saturated rings. The Balaban J connectivity index is 2.59. The zero-order valence-corrected chi connectivity index (χ0v) is 11.4. The molecule has 0 spiro atoms. The van der Waals surface area contributed by atoms with E-state index in [1.54, 1.807) is 4.90 Å². The smallest absolute Gasteiger partial charge is 0.320 e. The van der Waals surface area contributed by atoms with Crippen LogP contribution in [0.4, 0.5) is 0 Å². The Morgan fingerprint density at radius 2 is 1.85 bits per heavy atom. The number of hydrogen-bond donors (Lipinski definition) is 2. The summed E-state index contributed by atoms with van der Waals surface area (Å²) in [5, 5.41) is 17.7. The van der Waals surface area contributed by atoms with Crippen LogP contribution < -0.4 is 0 Å². The fourth-order valence-corrected chi connectivity index (χ4v) is 1.89. The first-order valence-corrected chi connectivity index (χ1v) is 6.46. The second-order valence-electron chi connectivity index (χ2n) is 4.62. The summed E-state index contributed by atoms with van der Waals surface area (Å²) in [5.41, 5.74) is 0.